The minimum absolute atomic E-state index is 0. The van der Waals surface area contributed by atoms with Crippen LogP contribution in [0.2, 0.25) is 0 Å². The quantitative estimate of drug-likeness (QED) is 0.885. The van der Waals surface area contributed by atoms with E-state index in [1.165, 1.54) is 17.5 Å². The maximum Gasteiger partial charge on any atom is 0.220 e. The summed E-state index contributed by atoms with van der Waals surface area (Å²) in [5, 5.41) is 3.52. The molecule has 1 aliphatic heterocycles. The fourth-order valence-corrected chi connectivity index (χ4v) is 4.71. The molecule has 1 aliphatic carbocycles. The molecule has 1 aromatic rings. The molecule has 1 amide bonds. The van der Waals surface area contributed by atoms with Crippen LogP contribution >= 0.6 is 24.2 Å². The average Bonchev–Trinajstić information content (AvgIpc) is 2.90. The van der Waals surface area contributed by atoms with Crippen molar-refractivity contribution in [3.8, 4) is 0 Å². The van der Waals surface area contributed by atoms with Crippen LogP contribution < -0.4 is 11.1 Å². The summed E-state index contributed by atoms with van der Waals surface area (Å²) >= 11 is 1.95. The second-order valence-electron chi connectivity index (χ2n) is 6.17. The lowest BCUT2D eigenvalue weighted by atomic mass is 9.99. The summed E-state index contributed by atoms with van der Waals surface area (Å²) in [6.07, 6.45) is 5.09. The highest BCUT2D eigenvalue weighted by atomic mass is 35.5. The van der Waals surface area contributed by atoms with Crippen LogP contribution in [0.25, 0.3) is 0 Å². The predicted octanol–water partition coefficient (Wildman–Crippen LogP) is 3.07. The van der Waals surface area contributed by atoms with Gasteiger partial charge in [-0.05, 0) is 42.1 Å². The van der Waals surface area contributed by atoms with Crippen LogP contribution in [-0.4, -0.2) is 24.2 Å². The third kappa shape index (κ3) is 4.18. The van der Waals surface area contributed by atoms with Crippen molar-refractivity contribution in [2.75, 3.05) is 12.3 Å². The van der Waals surface area contributed by atoms with Gasteiger partial charge in [0.25, 0.3) is 0 Å². The van der Waals surface area contributed by atoms with Gasteiger partial charge in [-0.2, -0.15) is 11.8 Å². The maximum atomic E-state index is 12.1. The number of amides is 1. The van der Waals surface area contributed by atoms with Gasteiger partial charge < -0.3 is 11.1 Å². The molecule has 1 aromatic carbocycles. The molecule has 5 heteroatoms. The van der Waals surface area contributed by atoms with Gasteiger partial charge in [-0.15, -0.1) is 12.4 Å². The fourth-order valence-electron chi connectivity index (χ4n) is 3.48. The molecule has 1 fully saturated rings. The summed E-state index contributed by atoms with van der Waals surface area (Å²) in [6, 6.07) is 8.83. The van der Waals surface area contributed by atoms with Crippen molar-refractivity contribution in [3.05, 3.63) is 35.4 Å². The van der Waals surface area contributed by atoms with Gasteiger partial charge in [-0.25, -0.2) is 0 Å². The van der Waals surface area contributed by atoms with Crippen LogP contribution in [-0.2, 0) is 11.2 Å². The van der Waals surface area contributed by atoms with E-state index in [2.05, 4.69) is 29.6 Å². The number of nitrogens with two attached hydrogens (primary N) is 1. The van der Waals surface area contributed by atoms with E-state index >= 15 is 0 Å². The number of hydrogen-bond acceptors (Lipinski definition) is 3. The molecule has 22 heavy (non-hydrogen) atoms. The standard InChI is InChI=1S/C17H24N2OS.ClH/c18-15-7-3-5-13(15)10-17(20)19-11-16-14-6-2-1-4-12(14)8-9-21-16;/h1-2,4,6,13,15-16H,3,5,7-11,18H2,(H,19,20);1H/t13-,15+,16?;/m0./s1. The number of carbonyl (C=O) groups excluding carboxylic acids is 1. The first-order valence-electron chi connectivity index (χ1n) is 7.95. The fraction of sp³-hybridized carbons (Fsp3) is 0.588. The maximum absolute atomic E-state index is 12.1. The van der Waals surface area contributed by atoms with Crippen LogP contribution in [0.3, 0.4) is 0 Å². The molecule has 0 aromatic heterocycles. The summed E-state index contributed by atoms with van der Waals surface area (Å²) in [7, 11) is 0. The third-order valence-corrected chi connectivity index (χ3v) is 6.01. The number of fused-ring (bicyclic) bond motifs is 1. The average molecular weight is 341 g/mol. The topological polar surface area (TPSA) is 55.1 Å². The van der Waals surface area contributed by atoms with Gasteiger partial charge in [-0.3, -0.25) is 4.79 Å². The Hall–Kier alpha value is -0.710. The van der Waals surface area contributed by atoms with Gasteiger partial charge >= 0.3 is 0 Å². The van der Waals surface area contributed by atoms with E-state index in [0.29, 0.717) is 17.6 Å². The Bertz CT molecular complexity index is 511. The number of rotatable bonds is 4. The molecule has 0 saturated heterocycles. The second-order valence-corrected chi connectivity index (χ2v) is 7.48. The van der Waals surface area contributed by atoms with Crippen molar-refractivity contribution < 1.29 is 4.79 Å². The molecule has 1 unspecified atom stereocenters. The van der Waals surface area contributed by atoms with Crippen LogP contribution in [0.1, 0.15) is 42.1 Å². The SMILES string of the molecule is Cl.N[C@@H]1CCC[C@H]1CC(=O)NCC1SCCc2ccccc21. The zero-order chi connectivity index (χ0) is 14.7. The lowest BCUT2D eigenvalue weighted by molar-refractivity contribution is -0.122. The Morgan fingerprint density at radius 1 is 1.32 bits per heavy atom. The summed E-state index contributed by atoms with van der Waals surface area (Å²) in [5.74, 6) is 1.70. The van der Waals surface area contributed by atoms with Crippen molar-refractivity contribution in [2.45, 2.75) is 43.4 Å². The molecule has 3 N–H and O–H groups in total. The number of thioether (sulfide) groups is 1. The molecule has 3 rings (SSSR count). The molecule has 0 bridgehead atoms. The molecule has 3 nitrogen and oxygen atoms in total. The molecule has 1 heterocycles. The molecule has 1 saturated carbocycles. The minimum Gasteiger partial charge on any atom is -0.355 e. The molecular weight excluding hydrogens is 316 g/mol. The van der Waals surface area contributed by atoms with E-state index in [9.17, 15) is 4.79 Å². The number of nitrogens with one attached hydrogen (secondary N) is 1. The third-order valence-electron chi connectivity index (χ3n) is 4.74. The summed E-state index contributed by atoms with van der Waals surface area (Å²) in [4.78, 5) is 12.1. The first kappa shape index (κ1) is 17.6. The normalized spacial score (nSPS) is 26.9. The van der Waals surface area contributed by atoms with Crippen molar-refractivity contribution in [1.29, 1.82) is 0 Å². The first-order valence-corrected chi connectivity index (χ1v) is 9.00. The molecular formula is C17H25ClN2OS. The lowest BCUT2D eigenvalue weighted by Gasteiger charge is -2.25. The Morgan fingerprint density at radius 2 is 2.14 bits per heavy atom. The van der Waals surface area contributed by atoms with Crippen LogP contribution in [0, 0.1) is 5.92 Å². The number of aryl methyl sites for hydroxylation is 1. The largest absolute Gasteiger partial charge is 0.355 e. The Labute approximate surface area is 143 Å². The van der Waals surface area contributed by atoms with E-state index in [4.69, 9.17) is 5.73 Å². The highest BCUT2D eigenvalue weighted by Crippen LogP contribution is 2.36. The van der Waals surface area contributed by atoms with Crippen LogP contribution in [0.4, 0.5) is 0 Å². The van der Waals surface area contributed by atoms with Crippen molar-refractivity contribution in [3.63, 3.8) is 0 Å². The van der Waals surface area contributed by atoms with Crippen molar-refractivity contribution in [2.24, 2.45) is 11.7 Å². The van der Waals surface area contributed by atoms with E-state index < -0.39 is 0 Å². The van der Waals surface area contributed by atoms with Crippen LogP contribution in [0.5, 0.6) is 0 Å². The molecule has 122 valence electrons. The Balaban J connectivity index is 0.00000176. The predicted molar refractivity (Wildman–Crippen MR) is 95.5 cm³/mol. The number of benzene rings is 1. The molecule has 3 atom stereocenters. The summed E-state index contributed by atoms with van der Waals surface area (Å²) in [6.45, 7) is 0.739. The highest BCUT2D eigenvalue weighted by molar-refractivity contribution is 7.99. The minimum atomic E-state index is 0. The Morgan fingerprint density at radius 3 is 2.91 bits per heavy atom. The highest BCUT2D eigenvalue weighted by Gasteiger charge is 2.26. The second kappa shape index (κ2) is 8.23. The number of carbonyl (C=O) groups is 1. The van der Waals surface area contributed by atoms with Gasteiger partial charge in [0.2, 0.25) is 5.91 Å². The lowest BCUT2D eigenvalue weighted by Crippen LogP contribution is -2.33. The van der Waals surface area contributed by atoms with Gasteiger partial charge in [0, 0.05) is 24.3 Å². The monoisotopic (exact) mass is 340 g/mol. The van der Waals surface area contributed by atoms with E-state index in [1.54, 1.807) is 0 Å². The van der Waals surface area contributed by atoms with Crippen molar-refractivity contribution in [1.82, 2.24) is 5.32 Å². The summed E-state index contributed by atoms with van der Waals surface area (Å²) < 4.78 is 0. The zero-order valence-corrected chi connectivity index (χ0v) is 14.4. The smallest absolute Gasteiger partial charge is 0.220 e. The molecule has 2 aliphatic rings. The summed E-state index contributed by atoms with van der Waals surface area (Å²) in [5.41, 5.74) is 8.88. The van der Waals surface area contributed by atoms with Gasteiger partial charge in [0.1, 0.15) is 0 Å². The number of halogens is 1. The zero-order valence-electron chi connectivity index (χ0n) is 12.8. The van der Waals surface area contributed by atoms with E-state index in [-0.39, 0.29) is 24.4 Å². The molecule has 0 spiro atoms. The van der Waals surface area contributed by atoms with E-state index in [1.807, 2.05) is 11.8 Å². The van der Waals surface area contributed by atoms with Gasteiger partial charge in [0.15, 0.2) is 0 Å². The Kier molecular flexibility index (Phi) is 6.60. The first-order chi connectivity index (χ1) is 10.2. The molecule has 0 radical (unpaired) electrons. The van der Waals surface area contributed by atoms with Gasteiger partial charge in [-0.1, -0.05) is 30.7 Å². The van der Waals surface area contributed by atoms with Crippen LogP contribution in [0.15, 0.2) is 24.3 Å². The number of hydrogen-bond donors (Lipinski definition) is 2. The van der Waals surface area contributed by atoms with Crippen molar-refractivity contribution >= 4 is 30.1 Å². The van der Waals surface area contributed by atoms with Gasteiger partial charge in [0.05, 0.1) is 0 Å². The van der Waals surface area contributed by atoms with E-state index in [0.717, 1.165) is 31.6 Å².